The Balaban J connectivity index is 1.65. The average Bonchev–Trinajstić information content (AvgIpc) is 3.23. The van der Waals surface area contributed by atoms with Crippen molar-refractivity contribution < 1.29 is 9.90 Å². The summed E-state index contributed by atoms with van der Waals surface area (Å²) in [7, 11) is 0. The molecule has 2 atom stereocenters. The fraction of sp³-hybridized carbons (Fsp3) is 0.571. The molecule has 0 saturated carbocycles. The van der Waals surface area contributed by atoms with E-state index in [1.807, 2.05) is 6.92 Å². The average molecular weight is 401 g/mol. The first-order valence-electron chi connectivity index (χ1n) is 10.2. The molecular weight excluding hydrogens is 372 g/mol. The molecule has 0 radical (unpaired) electrons. The SMILES string of the molecule is CCc1nc2n(n1)C(=O)C(C(c1ccc(C(C)C)cc1)N1CCC(O)CC1)S2. The molecule has 1 N–H and O–H groups in total. The molecule has 0 amide bonds. The number of hydrogen-bond donors (Lipinski definition) is 1. The van der Waals surface area contributed by atoms with Crippen LogP contribution in [-0.2, 0) is 6.42 Å². The molecule has 0 bridgehead atoms. The molecule has 2 aliphatic heterocycles. The fourth-order valence-electron chi connectivity index (χ4n) is 4.01. The lowest BCUT2D eigenvalue weighted by molar-refractivity contribution is 0.0551. The van der Waals surface area contributed by atoms with Crippen molar-refractivity contribution in [1.29, 1.82) is 0 Å². The van der Waals surface area contributed by atoms with E-state index in [1.54, 1.807) is 0 Å². The molecule has 0 aliphatic carbocycles. The van der Waals surface area contributed by atoms with Gasteiger partial charge in [0.2, 0.25) is 0 Å². The Kier molecular flexibility index (Phi) is 5.58. The third-order valence-corrected chi connectivity index (χ3v) is 6.93. The van der Waals surface area contributed by atoms with Crippen molar-refractivity contribution in [3.63, 3.8) is 0 Å². The third kappa shape index (κ3) is 3.63. The van der Waals surface area contributed by atoms with Crippen molar-refractivity contribution in [3.8, 4) is 0 Å². The lowest BCUT2D eigenvalue weighted by Gasteiger charge is -2.38. The van der Waals surface area contributed by atoms with Crippen molar-refractivity contribution in [3.05, 3.63) is 41.2 Å². The third-order valence-electron chi connectivity index (χ3n) is 5.75. The smallest absolute Gasteiger partial charge is 0.264 e. The number of thioether (sulfide) groups is 1. The quantitative estimate of drug-likeness (QED) is 0.831. The Hall–Kier alpha value is -1.70. The van der Waals surface area contributed by atoms with Crippen molar-refractivity contribution in [2.24, 2.45) is 0 Å². The van der Waals surface area contributed by atoms with Crippen LogP contribution in [0, 0.1) is 0 Å². The molecule has 7 heteroatoms. The monoisotopic (exact) mass is 400 g/mol. The first-order chi connectivity index (χ1) is 13.5. The second-order valence-electron chi connectivity index (χ2n) is 7.99. The highest BCUT2D eigenvalue weighted by molar-refractivity contribution is 8.00. The number of piperidine rings is 1. The van der Waals surface area contributed by atoms with E-state index in [0.717, 1.165) is 37.9 Å². The van der Waals surface area contributed by atoms with Crippen LogP contribution in [0.25, 0.3) is 0 Å². The molecule has 6 nitrogen and oxygen atoms in total. The van der Waals surface area contributed by atoms with E-state index in [1.165, 1.54) is 22.0 Å². The highest BCUT2D eigenvalue weighted by Gasteiger charge is 2.43. The number of aryl methyl sites for hydroxylation is 1. The van der Waals surface area contributed by atoms with Gasteiger partial charge in [-0.05, 0) is 29.9 Å². The van der Waals surface area contributed by atoms with Crippen LogP contribution in [-0.4, -0.2) is 55.1 Å². The van der Waals surface area contributed by atoms with Gasteiger partial charge in [0, 0.05) is 19.5 Å². The number of fused-ring (bicyclic) bond motifs is 1. The van der Waals surface area contributed by atoms with Crippen LogP contribution in [0.1, 0.15) is 67.3 Å². The number of hydrogen-bond acceptors (Lipinski definition) is 6. The van der Waals surface area contributed by atoms with Crippen molar-refractivity contribution >= 4 is 17.7 Å². The summed E-state index contributed by atoms with van der Waals surface area (Å²) in [6, 6.07) is 8.61. The minimum atomic E-state index is -0.263. The van der Waals surface area contributed by atoms with Crippen molar-refractivity contribution in [1.82, 2.24) is 19.7 Å². The number of rotatable bonds is 5. The zero-order chi connectivity index (χ0) is 19.8. The standard InChI is InChI=1S/C21H28N4O2S/c1-4-17-22-21-25(23-17)20(27)19(28-21)18(24-11-9-16(26)10-12-24)15-7-5-14(6-8-15)13(2)3/h5-8,13,16,18-19,26H,4,9-12H2,1-3H3. The Bertz CT molecular complexity index is 841. The maximum atomic E-state index is 13.2. The van der Waals surface area contributed by atoms with Gasteiger partial charge in [-0.2, -0.15) is 4.68 Å². The zero-order valence-corrected chi connectivity index (χ0v) is 17.5. The van der Waals surface area contributed by atoms with E-state index in [-0.39, 0.29) is 23.3 Å². The normalized spacial score (nSPS) is 22.0. The van der Waals surface area contributed by atoms with Gasteiger partial charge in [-0.3, -0.25) is 9.69 Å². The summed E-state index contributed by atoms with van der Waals surface area (Å²) in [5.74, 6) is 1.20. The number of aromatic nitrogens is 3. The molecular formula is C21H28N4O2S. The van der Waals surface area contributed by atoms with E-state index in [0.29, 0.717) is 16.9 Å². The summed E-state index contributed by atoms with van der Waals surface area (Å²) < 4.78 is 1.49. The van der Waals surface area contributed by atoms with Gasteiger partial charge in [-0.25, -0.2) is 4.98 Å². The second kappa shape index (κ2) is 7.97. The molecule has 2 unspecified atom stereocenters. The number of carbonyl (C=O) groups is 1. The van der Waals surface area contributed by atoms with Crippen LogP contribution < -0.4 is 0 Å². The Morgan fingerprint density at radius 2 is 1.82 bits per heavy atom. The molecule has 28 heavy (non-hydrogen) atoms. The van der Waals surface area contributed by atoms with Crippen LogP contribution in [0.15, 0.2) is 29.4 Å². The van der Waals surface area contributed by atoms with Crippen LogP contribution in [0.2, 0.25) is 0 Å². The number of aliphatic hydroxyl groups excluding tert-OH is 1. The molecule has 2 aliphatic rings. The minimum absolute atomic E-state index is 0.0104. The van der Waals surface area contributed by atoms with Gasteiger partial charge in [-0.1, -0.05) is 56.8 Å². The van der Waals surface area contributed by atoms with Crippen LogP contribution in [0.3, 0.4) is 0 Å². The topological polar surface area (TPSA) is 71.2 Å². The number of nitrogens with zero attached hydrogens (tertiary/aromatic N) is 4. The van der Waals surface area contributed by atoms with E-state index in [4.69, 9.17) is 0 Å². The summed E-state index contributed by atoms with van der Waals surface area (Å²) in [5, 5.41) is 14.8. The first kappa shape index (κ1) is 19.6. The summed E-state index contributed by atoms with van der Waals surface area (Å²) in [4.78, 5) is 20.0. The van der Waals surface area contributed by atoms with Crippen LogP contribution >= 0.6 is 11.8 Å². The molecule has 1 saturated heterocycles. The van der Waals surface area contributed by atoms with E-state index in [2.05, 4.69) is 53.1 Å². The Labute approximate surface area is 170 Å². The summed E-state index contributed by atoms with van der Waals surface area (Å²) in [6.07, 6.45) is 1.98. The van der Waals surface area contributed by atoms with E-state index in [9.17, 15) is 9.90 Å². The molecule has 1 aromatic heterocycles. The van der Waals surface area contributed by atoms with Gasteiger partial charge >= 0.3 is 0 Å². The summed E-state index contributed by atoms with van der Waals surface area (Å²) >= 11 is 1.52. The van der Waals surface area contributed by atoms with Gasteiger partial charge in [0.05, 0.1) is 12.1 Å². The maximum absolute atomic E-state index is 13.2. The number of likely N-dealkylation sites (tertiary alicyclic amines) is 1. The summed E-state index contributed by atoms with van der Waals surface area (Å²) in [5.41, 5.74) is 2.44. The molecule has 3 heterocycles. The van der Waals surface area contributed by atoms with Gasteiger partial charge < -0.3 is 5.11 Å². The van der Waals surface area contributed by atoms with Crippen LogP contribution in [0.4, 0.5) is 0 Å². The highest BCUT2D eigenvalue weighted by atomic mass is 32.2. The number of benzene rings is 1. The first-order valence-corrected chi connectivity index (χ1v) is 11.0. The van der Waals surface area contributed by atoms with Gasteiger partial charge in [0.1, 0.15) is 5.25 Å². The minimum Gasteiger partial charge on any atom is -0.393 e. The predicted octanol–water partition coefficient (Wildman–Crippen LogP) is 3.28. The van der Waals surface area contributed by atoms with Gasteiger partial charge in [0.15, 0.2) is 11.0 Å². The Morgan fingerprint density at radius 3 is 2.39 bits per heavy atom. The van der Waals surface area contributed by atoms with Crippen molar-refractivity contribution in [2.75, 3.05) is 13.1 Å². The van der Waals surface area contributed by atoms with E-state index >= 15 is 0 Å². The largest absolute Gasteiger partial charge is 0.393 e. The lowest BCUT2D eigenvalue weighted by atomic mass is 9.94. The molecule has 2 aromatic rings. The maximum Gasteiger partial charge on any atom is 0.264 e. The molecule has 150 valence electrons. The molecule has 1 aromatic carbocycles. The highest BCUT2D eigenvalue weighted by Crippen LogP contribution is 2.42. The van der Waals surface area contributed by atoms with E-state index < -0.39 is 0 Å². The second-order valence-corrected chi connectivity index (χ2v) is 9.09. The number of carbonyl (C=O) groups excluding carboxylic acids is 1. The van der Waals surface area contributed by atoms with Crippen LogP contribution in [0.5, 0.6) is 0 Å². The molecule has 4 rings (SSSR count). The molecule has 1 fully saturated rings. The van der Waals surface area contributed by atoms with Gasteiger partial charge in [-0.15, -0.1) is 5.10 Å². The number of aliphatic hydroxyl groups is 1. The van der Waals surface area contributed by atoms with Crippen molar-refractivity contribution in [2.45, 2.75) is 68.5 Å². The zero-order valence-electron chi connectivity index (χ0n) is 16.7. The predicted molar refractivity (Wildman–Crippen MR) is 110 cm³/mol. The van der Waals surface area contributed by atoms with Gasteiger partial charge in [0.25, 0.3) is 5.91 Å². The lowest BCUT2D eigenvalue weighted by Crippen LogP contribution is -2.44. The molecule has 0 spiro atoms. The Morgan fingerprint density at radius 1 is 1.18 bits per heavy atom. The fourth-order valence-corrected chi connectivity index (χ4v) is 5.29. The summed E-state index contributed by atoms with van der Waals surface area (Å²) in [6.45, 7) is 7.95.